The second-order valence-electron chi connectivity index (χ2n) is 9.16. The minimum absolute atomic E-state index is 0.0387. The van der Waals surface area contributed by atoms with E-state index in [-0.39, 0.29) is 11.3 Å². The van der Waals surface area contributed by atoms with Crippen LogP contribution in [0.1, 0.15) is 34.7 Å². The Morgan fingerprint density at radius 3 is 2.50 bits per heavy atom. The molecular weight excluding hydrogens is 494 g/mol. The van der Waals surface area contributed by atoms with Gasteiger partial charge in [-0.15, -0.1) is 11.3 Å². The SMILES string of the molecule is Cc1c(OCc2ccccc2)c(=O)ccn1CCCC(=O)Nc1ccc(Cc2nc3ccccc3s2)cc1. The lowest BCUT2D eigenvalue weighted by atomic mass is 10.1. The fourth-order valence-electron chi connectivity index (χ4n) is 4.31. The second kappa shape index (κ2) is 11.9. The first-order valence-corrected chi connectivity index (χ1v) is 13.5. The number of amides is 1. The number of pyridine rings is 1. The van der Waals surface area contributed by atoms with Gasteiger partial charge >= 0.3 is 0 Å². The lowest BCUT2D eigenvalue weighted by Crippen LogP contribution is -2.16. The zero-order valence-corrected chi connectivity index (χ0v) is 22.0. The number of para-hydroxylation sites is 1. The molecule has 192 valence electrons. The summed E-state index contributed by atoms with van der Waals surface area (Å²) in [5.41, 5.74) is 4.59. The van der Waals surface area contributed by atoms with Crippen LogP contribution in [0.15, 0.2) is 95.9 Å². The Hall–Kier alpha value is -4.23. The van der Waals surface area contributed by atoms with Gasteiger partial charge in [0, 0.05) is 37.3 Å². The van der Waals surface area contributed by atoms with Crippen molar-refractivity contribution in [2.45, 2.75) is 39.3 Å². The molecule has 1 N–H and O–H groups in total. The van der Waals surface area contributed by atoms with Crippen molar-refractivity contribution < 1.29 is 9.53 Å². The van der Waals surface area contributed by atoms with E-state index in [1.165, 1.54) is 10.8 Å². The molecule has 0 aliphatic carbocycles. The standard InChI is InChI=1S/C31H29N3O3S/c1-22-31(37-21-24-8-3-2-4-9-24)27(35)17-19-34(22)18-7-12-29(36)32-25-15-13-23(14-16-25)20-30-33-26-10-5-6-11-28(26)38-30/h2-6,8-11,13-17,19H,7,12,18,20-21H2,1H3,(H,32,36). The molecule has 3 aromatic carbocycles. The molecule has 0 aliphatic heterocycles. The van der Waals surface area contributed by atoms with Gasteiger partial charge in [0.1, 0.15) is 6.61 Å². The molecule has 7 heteroatoms. The minimum Gasteiger partial charge on any atom is -0.483 e. The third-order valence-electron chi connectivity index (χ3n) is 6.35. The van der Waals surface area contributed by atoms with E-state index in [9.17, 15) is 9.59 Å². The number of carbonyl (C=O) groups is 1. The molecule has 0 bridgehead atoms. The average Bonchev–Trinajstić information content (AvgIpc) is 3.34. The Kier molecular flexibility index (Phi) is 7.95. The van der Waals surface area contributed by atoms with Gasteiger partial charge in [0.2, 0.25) is 11.3 Å². The minimum atomic E-state index is -0.140. The molecule has 0 aliphatic rings. The molecule has 5 aromatic rings. The monoisotopic (exact) mass is 523 g/mol. The van der Waals surface area contributed by atoms with Crippen LogP contribution in [0.2, 0.25) is 0 Å². The number of nitrogens with one attached hydrogen (secondary N) is 1. The van der Waals surface area contributed by atoms with E-state index in [1.807, 2.05) is 84.3 Å². The van der Waals surface area contributed by atoms with Gasteiger partial charge in [0.25, 0.3) is 0 Å². The van der Waals surface area contributed by atoms with Gasteiger partial charge in [0.05, 0.1) is 20.9 Å². The number of aryl methyl sites for hydroxylation is 1. The Morgan fingerprint density at radius 1 is 0.947 bits per heavy atom. The Balaban J connectivity index is 1.11. The molecule has 0 unspecified atom stereocenters. The number of hydrogen-bond acceptors (Lipinski definition) is 5. The molecule has 2 aromatic heterocycles. The number of aromatic nitrogens is 2. The molecule has 0 radical (unpaired) electrons. The molecule has 1 amide bonds. The summed E-state index contributed by atoms with van der Waals surface area (Å²) >= 11 is 1.71. The van der Waals surface area contributed by atoms with Crippen LogP contribution in [0.3, 0.4) is 0 Å². The third kappa shape index (κ3) is 6.36. The van der Waals surface area contributed by atoms with E-state index >= 15 is 0 Å². The van der Waals surface area contributed by atoms with Crippen LogP contribution in [-0.2, 0) is 24.4 Å². The smallest absolute Gasteiger partial charge is 0.224 e. The molecule has 0 fully saturated rings. The maximum atomic E-state index is 12.5. The number of rotatable bonds is 10. The predicted octanol–water partition coefficient (Wildman–Crippen LogP) is 6.36. The highest BCUT2D eigenvalue weighted by Crippen LogP contribution is 2.24. The molecule has 2 heterocycles. The van der Waals surface area contributed by atoms with Crippen molar-refractivity contribution >= 4 is 33.1 Å². The molecule has 0 saturated carbocycles. The van der Waals surface area contributed by atoms with Gasteiger partial charge in [-0.2, -0.15) is 0 Å². The number of anilines is 1. The number of benzene rings is 3. The molecule has 0 saturated heterocycles. The van der Waals surface area contributed by atoms with Crippen molar-refractivity contribution in [2.24, 2.45) is 0 Å². The second-order valence-corrected chi connectivity index (χ2v) is 10.3. The van der Waals surface area contributed by atoms with Crippen LogP contribution in [-0.4, -0.2) is 15.5 Å². The maximum absolute atomic E-state index is 12.5. The predicted molar refractivity (Wildman–Crippen MR) is 153 cm³/mol. The van der Waals surface area contributed by atoms with Gasteiger partial charge in [-0.25, -0.2) is 4.98 Å². The number of hydrogen-bond donors (Lipinski definition) is 1. The maximum Gasteiger partial charge on any atom is 0.224 e. The van der Waals surface area contributed by atoms with E-state index in [0.29, 0.717) is 31.7 Å². The van der Waals surface area contributed by atoms with Gasteiger partial charge in [-0.3, -0.25) is 9.59 Å². The van der Waals surface area contributed by atoms with Crippen molar-refractivity contribution in [3.63, 3.8) is 0 Å². The first kappa shape index (κ1) is 25.4. The number of thiazole rings is 1. The van der Waals surface area contributed by atoms with Gasteiger partial charge in [0.15, 0.2) is 5.75 Å². The van der Waals surface area contributed by atoms with Crippen molar-refractivity contribution in [1.82, 2.24) is 9.55 Å². The molecule has 0 atom stereocenters. The number of ether oxygens (including phenoxy) is 1. The summed E-state index contributed by atoms with van der Waals surface area (Å²) < 4.78 is 9.01. The zero-order valence-electron chi connectivity index (χ0n) is 21.2. The lowest BCUT2D eigenvalue weighted by Gasteiger charge is -2.15. The van der Waals surface area contributed by atoms with Crippen molar-refractivity contribution in [2.75, 3.05) is 5.32 Å². The van der Waals surface area contributed by atoms with E-state index in [4.69, 9.17) is 9.72 Å². The van der Waals surface area contributed by atoms with Gasteiger partial charge in [-0.05, 0) is 48.7 Å². The average molecular weight is 524 g/mol. The normalized spacial score (nSPS) is 11.0. The zero-order chi connectivity index (χ0) is 26.3. The van der Waals surface area contributed by atoms with E-state index in [0.717, 1.165) is 39.5 Å². The summed E-state index contributed by atoms with van der Waals surface area (Å²) in [5, 5.41) is 4.06. The summed E-state index contributed by atoms with van der Waals surface area (Å²) in [4.78, 5) is 29.6. The Bertz CT molecular complexity index is 1560. The van der Waals surface area contributed by atoms with Crippen LogP contribution in [0.4, 0.5) is 5.69 Å². The molecule has 6 nitrogen and oxygen atoms in total. The topological polar surface area (TPSA) is 73.2 Å². The molecular formula is C31H29N3O3S. The summed E-state index contributed by atoms with van der Waals surface area (Å²) in [6.45, 7) is 2.82. The van der Waals surface area contributed by atoms with Crippen molar-refractivity contribution in [3.05, 3.63) is 123 Å². The summed E-state index contributed by atoms with van der Waals surface area (Å²) in [5.74, 6) is 0.315. The van der Waals surface area contributed by atoms with E-state index in [1.54, 1.807) is 17.5 Å². The summed E-state index contributed by atoms with van der Waals surface area (Å²) in [6.07, 6.45) is 3.54. The van der Waals surface area contributed by atoms with E-state index < -0.39 is 0 Å². The molecule has 0 spiro atoms. The van der Waals surface area contributed by atoms with Crippen LogP contribution in [0, 0.1) is 6.92 Å². The first-order valence-electron chi connectivity index (χ1n) is 12.7. The molecule has 5 rings (SSSR count). The quantitative estimate of drug-likeness (QED) is 0.231. The fourth-order valence-corrected chi connectivity index (χ4v) is 5.31. The van der Waals surface area contributed by atoms with E-state index in [2.05, 4.69) is 11.4 Å². The van der Waals surface area contributed by atoms with Crippen LogP contribution < -0.4 is 15.5 Å². The van der Waals surface area contributed by atoms with Crippen LogP contribution in [0.5, 0.6) is 5.75 Å². The highest BCUT2D eigenvalue weighted by molar-refractivity contribution is 7.18. The van der Waals surface area contributed by atoms with Crippen LogP contribution >= 0.6 is 11.3 Å². The Morgan fingerprint density at radius 2 is 1.71 bits per heavy atom. The highest BCUT2D eigenvalue weighted by Gasteiger charge is 2.10. The number of carbonyl (C=O) groups excluding carboxylic acids is 1. The number of nitrogens with zero attached hydrogens (tertiary/aromatic N) is 2. The third-order valence-corrected chi connectivity index (χ3v) is 7.39. The fraction of sp³-hybridized carbons (Fsp3) is 0.194. The summed E-state index contributed by atoms with van der Waals surface area (Å²) in [6, 6.07) is 27.4. The van der Waals surface area contributed by atoms with Crippen LogP contribution in [0.25, 0.3) is 10.2 Å². The van der Waals surface area contributed by atoms with Crippen molar-refractivity contribution in [3.8, 4) is 5.75 Å². The summed E-state index contributed by atoms with van der Waals surface area (Å²) in [7, 11) is 0. The van der Waals surface area contributed by atoms with Crippen molar-refractivity contribution in [1.29, 1.82) is 0 Å². The number of fused-ring (bicyclic) bond motifs is 1. The van der Waals surface area contributed by atoms with Gasteiger partial charge < -0.3 is 14.6 Å². The molecule has 38 heavy (non-hydrogen) atoms. The lowest BCUT2D eigenvalue weighted by molar-refractivity contribution is -0.116. The Labute approximate surface area is 225 Å². The largest absolute Gasteiger partial charge is 0.483 e. The first-order chi connectivity index (χ1) is 18.5. The van der Waals surface area contributed by atoms with Gasteiger partial charge in [-0.1, -0.05) is 54.6 Å². The highest BCUT2D eigenvalue weighted by atomic mass is 32.1.